The molecule has 1 N–H and O–H groups in total. The van der Waals surface area contributed by atoms with E-state index in [2.05, 4.69) is 20.3 Å². The van der Waals surface area contributed by atoms with Crippen LogP contribution < -0.4 is 10.1 Å². The first kappa shape index (κ1) is 13.6. The number of hydrogen-bond donors (Lipinski definition) is 1. The van der Waals surface area contributed by atoms with Crippen LogP contribution in [0.25, 0.3) is 0 Å². The zero-order valence-corrected chi connectivity index (χ0v) is 13.1. The summed E-state index contributed by atoms with van der Waals surface area (Å²) >= 11 is 5.99. The summed E-state index contributed by atoms with van der Waals surface area (Å²) in [7, 11) is 0. The van der Waals surface area contributed by atoms with Crippen molar-refractivity contribution in [2.75, 3.05) is 11.9 Å². The van der Waals surface area contributed by atoms with Crippen LogP contribution in [0.3, 0.4) is 0 Å². The first-order valence-corrected chi connectivity index (χ1v) is 8.34. The monoisotopic (exact) mass is 308 g/mol. The van der Waals surface area contributed by atoms with Crippen LogP contribution in [0.1, 0.15) is 45.4 Å². The molecule has 0 radical (unpaired) electrons. The molecule has 0 aliphatic heterocycles. The molecule has 1 heterocycles. The van der Waals surface area contributed by atoms with E-state index >= 15 is 0 Å². The van der Waals surface area contributed by atoms with E-state index in [1.54, 1.807) is 0 Å². The lowest BCUT2D eigenvalue weighted by Gasteiger charge is -2.56. The van der Waals surface area contributed by atoms with E-state index in [9.17, 15) is 0 Å². The zero-order valence-electron chi connectivity index (χ0n) is 12.3. The van der Waals surface area contributed by atoms with Crippen LogP contribution >= 0.6 is 11.6 Å². The van der Waals surface area contributed by atoms with Gasteiger partial charge in [-0.2, -0.15) is 15.0 Å². The first-order valence-electron chi connectivity index (χ1n) is 7.97. The molecule has 0 amide bonds. The van der Waals surface area contributed by atoms with Crippen LogP contribution in [0, 0.1) is 17.8 Å². The normalized spacial score (nSPS) is 36.8. The topological polar surface area (TPSA) is 59.9 Å². The molecular formula is C15H21ClN4O. The van der Waals surface area contributed by atoms with Gasteiger partial charge in [0.25, 0.3) is 0 Å². The molecule has 4 aliphatic rings. The molecule has 5 rings (SSSR count). The average molecular weight is 309 g/mol. The van der Waals surface area contributed by atoms with Gasteiger partial charge in [-0.1, -0.05) is 0 Å². The molecule has 6 heteroatoms. The molecule has 1 aromatic heterocycles. The molecule has 114 valence electrons. The van der Waals surface area contributed by atoms with E-state index < -0.39 is 0 Å². The van der Waals surface area contributed by atoms with Gasteiger partial charge in [0.15, 0.2) is 0 Å². The van der Waals surface area contributed by atoms with Gasteiger partial charge >= 0.3 is 6.01 Å². The highest BCUT2D eigenvalue weighted by Crippen LogP contribution is 2.56. The second kappa shape index (κ2) is 4.97. The zero-order chi connectivity index (χ0) is 14.4. The molecule has 0 spiro atoms. The molecule has 4 aliphatic carbocycles. The van der Waals surface area contributed by atoms with Crippen molar-refractivity contribution in [1.82, 2.24) is 15.0 Å². The fourth-order valence-electron chi connectivity index (χ4n) is 5.08. The Morgan fingerprint density at radius 2 is 1.71 bits per heavy atom. The highest BCUT2D eigenvalue weighted by atomic mass is 35.5. The summed E-state index contributed by atoms with van der Waals surface area (Å²) in [5.74, 6) is 3.22. The Labute approximate surface area is 129 Å². The Kier molecular flexibility index (Phi) is 3.21. The Bertz CT molecular complexity index is 515. The molecule has 21 heavy (non-hydrogen) atoms. The second-order valence-electron chi connectivity index (χ2n) is 6.97. The Morgan fingerprint density at radius 1 is 1.10 bits per heavy atom. The molecule has 4 fully saturated rings. The van der Waals surface area contributed by atoms with Crippen molar-refractivity contribution >= 4 is 17.5 Å². The van der Waals surface area contributed by atoms with Crippen LogP contribution in [0.4, 0.5) is 5.95 Å². The van der Waals surface area contributed by atoms with Crippen molar-refractivity contribution in [3.63, 3.8) is 0 Å². The highest BCUT2D eigenvalue weighted by molar-refractivity contribution is 6.28. The lowest BCUT2D eigenvalue weighted by molar-refractivity contribution is 0.0103. The molecule has 0 saturated heterocycles. The third-order valence-electron chi connectivity index (χ3n) is 5.28. The van der Waals surface area contributed by atoms with Crippen LogP contribution in [0.15, 0.2) is 0 Å². The third-order valence-corrected chi connectivity index (χ3v) is 5.45. The second-order valence-corrected chi connectivity index (χ2v) is 7.30. The summed E-state index contributed by atoms with van der Waals surface area (Å²) in [6, 6.07) is 0.310. The van der Waals surface area contributed by atoms with E-state index in [-0.39, 0.29) is 10.8 Å². The molecule has 4 saturated carbocycles. The summed E-state index contributed by atoms with van der Waals surface area (Å²) in [4.78, 5) is 12.6. The van der Waals surface area contributed by atoms with Gasteiger partial charge in [-0.15, -0.1) is 0 Å². The van der Waals surface area contributed by atoms with Gasteiger partial charge in [0.05, 0.1) is 6.61 Å². The van der Waals surface area contributed by atoms with E-state index in [0.29, 0.717) is 18.6 Å². The van der Waals surface area contributed by atoms with Gasteiger partial charge in [-0.05, 0) is 74.8 Å². The van der Waals surface area contributed by atoms with Crippen molar-refractivity contribution in [2.45, 2.75) is 51.0 Å². The van der Waals surface area contributed by atoms with E-state index in [1.165, 1.54) is 38.5 Å². The minimum Gasteiger partial charge on any atom is -0.464 e. The Morgan fingerprint density at radius 3 is 2.29 bits per heavy atom. The number of aromatic nitrogens is 3. The summed E-state index contributed by atoms with van der Waals surface area (Å²) in [6.07, 6.45) is 7.99. The predicted molar refractivity (Wildman–Crippen MR) is 80.5 cm³/mol. The smallest absolute Gasteiger partial charge is 0.322 e. The van der Waals surface area contributed by atoms with Crippen LogP contribution in [-0.4, -0.2) is 27.1 Å². The number of nitrogens with zero attached hydrogens (tertiary/aromatic N) is 3. The number of rotatable bonds is 4. The molecule has 1 aromatic rings. The Balaban J connectivity index is 1.58. The number of halogens is 1. The van der Waals surface area contributed by atoms with E-state index in [4.69, 9.17) is 16.3 Å². The van der Waals surface area contributed by atoms with Gasteiger partial charge < -0.3 is 10.1 Å². The molecule has 0 unspecified atom stereocenters. The largest absolute Gasteiger partial charge is 0.464 e. The van der Waals surface area contributed by atoms with E-state index in [0.717, 1.165) is 17.8 Å². The van der Waals surface area contributed by atoms with Crippen molar-refractivity contribution < 1.29 is 4.74 Å². The van der Waals surface area contributed by atoms with Crippen molar-refractivity contribution in [2.24, 2.45) is 17.8 Å². The molecule has 5 nitrogen and oxygen atoms in total. The quantitative estimate of drug-likeness (QED) is 0.924. The average Bonchev–Trinajstić information content (AvgIpc) is 2.35. The maximum Gasteiger partial charge on any atom is 0.322 e. The van der Waals surface area contributed by atoms with E-state index in [1.807, 2.05) is 6.92 Å². The summed E-state index contributed by atoms with van der Waals surface area (Å²) in [5, 5.41) is 3.79. The summed E-state index contributed by atoms with van der Waals surface area (Å²) in [6.45, 7) is 2.43. The van der Waals surface area contributed by atoms with Crippen LogP contribution in [0.5, 0.6) is 6.01 Å². The minimum atomic E-state index is 0.170. The van der Waals surface area contributed by atoms with Gasteiger partial charge in [0, 0.05) is 5.54 Å². The fourth-order valence-corrected chi connectivity index (χ4v) is 5.23. The SMILES string of the molecule is CCOc1nc(Cl)nc(NC23CC4CC(CC(C4)C2)C3)n1. The van der Waals surface area contributed by atoms with Crippen molar-refractivity contribution in [3.05, 3.63) is 5.28 Å². The lowest BCUT2D eigenvalue weighted by Crippen LogP contribution is -2.55. The van der Waals surface area contributed by atoms with Gasteiger partial charge in [0.2, 0.25) is 11.2 Å². The molecule has 0 aromatic carbocycles. The standard InChI is InChI=1S/C15H21ClN4O/c1-2-21-14-18-12(16)17-13(19-14)20-15-6-9-3-10(7-15)5-11(4-9)8-15/h9-11H,2-8H2,1H3,(H,17,18,19,20). The number of hydrogen-bond acceptors (Lipinski definition) is 5. The minimum absolute atomic E-state index is 0.170. The lowest BCUT2D eigenvalue weighted by atomic mass is 9.53. The fraction of sp³-hybridized carbons (Fsp3) is 0.800. The number of anilines is 1. The molecule has 0 atom stereocenters. The Hall–Kier alpha value is -1.10. The van der Waals surface area contributed by atoms with Gasteiger partial charge in [0.1, 0.15) is 0 Å². The predicted octanol–water partition coefficient (Wildman–Crippen LogP) is 3.30. The summed E-state index contributed by atoms with van der Waals surface area (Å²) in [5.41, 5.74) is 0.170. The first-order chi connectivity index (χ1) is 10.1. The maximum atomic E-state index is 5.99. The van der Waals surface area contributed by atoms with Crippen molar-refractivity contribution in [1.29, 1.82) is 0 Å². The van der Waals surface area contributed by atoms with Crippen LogP contribution in [0.2, 0.25) is 5.28 Å². The highest BCUT2D eigenvalue weighted by Gasteiger charge is 2.51. The molecular weight excluding hydrogens is 288 g/mol. The van der Waals surface area contributed by atoms with Crippen LogP contribution in [-0.2, 0) is 0 Å². The molecule has 4 bridgehead atoms. The number of nitrogens with one attached hydrogen (secondary N) is 1. The van der Waals surface area contributed by atoms with Gasteiger partial charge in [-0.25, -0.2) is 0 Å². The summed E-state index contributed by atoms with van der Waals surface area (Å²) < 4.78 is 5.36. The maximum absolute atomic E-state index is 5.99. The number of ether oxygens (including phenoxy) is 1. The van der Waals surface area contributed by atoms with Gasteiger partial charge in [-0.3, -0.25) is 0 Å². The van der Waals surface area contributed by atoms with Crippen molar-refractivity contribution in [3.8, 4) is 6.01 Å². The third kappa shape index (κ3) is 2.56.